The van der Waals surface area contributed by atoms with Crippen LogP contribution in [-0.2, 0) is 9.53 Å². The van der Waals surface area contributed by atoms with E-state index >= 15 is 0 Å². The molecule has 31 heavy (non-hydrogen) atoms. The van der Waals surface area contributed by atoms with Crippen molar-refractivity contribution >= 4 is 12.1 Å². The van der Waals surface area contributed by atoms with Crippen LogP contribution in [0.15, 0.2) is 72.8 Å². The van der Waals surface area contributed by atoms with Crippen molar-refractivity contribution in [2.24, 2.45) is 0 Å². The van der Waals surface area contributed by atoms with E-state index in [-0.39, 0.29) is 18.6 Å². The van der Waals surface area contributed by atoms with Gasteiger partial charge in [-0.2, -0.15) is 0 Å². The quantitative estimate of drug-likeness (QED) is 0.614. The summed E-state index contributed by atoms with van der Waals surface area (Å²) in [4.78, 5) is 24.3. The Kier molecular flexibility index (Phi) is 4.94. The molecule has 5 nitrogen and oxygen atoms in total. The number of hydrogen-bond acceptors (Lipinski definition) is 3. The van der Waals surface area contributed by atoms with Crippen LogP contribution in [0.25, 0.3) is 11.1 Å². The fraction of sp³-hybridized carbons (Fsp3) is 0.231. The second-order valence-corrected chi connectivity index (χ2v) is 8.12. The molecule has 0 spiro atoms. The van der Waals surface area contributed by atoms with Crippen LogP contribution in [-0.4, -0.2) is 23.8 Å². The molecule has 5 heteroatoms. The number of benzene rings is 3. The Morgan fingerprint density at radius 3 is 1.97 bits per heavy atom. The molecule has 0 heterocycles. The van der Waals surface area contributed by atoms with Crippen LogP contribution >= 0.6 is 0 Å². The van der Waals surface area contributed by atoms with Crippen LogP contribution in [0.4, 0.5) is 4.79 Å². The molecule has 2 aliphatic carbocycles. The second kappa shape index (κ2) is 7.91. The van der Waals surface area contributed by atoms with Crippen molar-refractivity contribution in [1.29, 1.82) is 0 Å². The van der Waals surface area contributed by atoms with Gasteiger partial charge in [0.25, 0.3) is 0 Å². The van der Waals surface area contributed by atoms with E-state index < -0.39 is 18.0 Å². The number of nitrogens with one attached hydrogen (secondary N) is 1. The monoisotopic (exact) mass is 413 g/mol. The van der Waals surface area contributed by atoms with E-state index in [0.29, 0.717) is 12.8 Å². The zero-order valence-corrected chi connectivity index (χ0v) is 17.0. The highest BCUT2D eigenvalue weighted by molar-refractivity contribution is 5.79. The van der Waals surface area contributed by atoms with Gasteiger partial charge in [-0.05, 0) is 46.2 Å². The Morgan fingerprint density at radius 2 is 1.35 bits per heavy atom. The Bertz CT molecular complexity index is 1110. The summed E-state index contributed by atoms with van der Waals surface area (Å²) in [6.07, 6.45) is 0.578. The number of rotatable bonds is 4. The third-order valence-electron chi connectivity index (χ3n) is 6.42. The van der Waals surface area contributed by atoms with Crippen LogP contribution in [0.2, 0.25) is 0 Å². The Balaban J connectivity index is 1.30. The van der Waals surface area contributed by atoms with Crippen molar-refractivity contribution in [3.8, 4) is 11.1 Å². The topological polar surface area (TPSA) is 75.6 Å². The van der Waals surface area contributed by atoms with Gasteiger partial charge in [-0.15, -0.1) is 0 Å². The number of ether oxygens (including phenoxy) is 1. The van der Waals surface area contributed by atoms with E-state index in [4.69, 9.17) is 4.74 Å². The van der Waals surface area contributed by atoms with Gasteiger partial charge in [0.15, 0.2) is 0 Å². The smallest absolute Gasteiger partial charge is 0.407 e. The lowest BCUT2D eigenvalue weighted by molar-refractivity contribution is -0.139. The molecule has 0 bridgehead atoms. The molecular formula is C26H23NO4. The molecule has 0 fully saturated rings. The lowest BCUT2D eigenvalue weighted by Gasteiger charge is -2.30. The van der Waals surface area contributed by atoms with Crippen LogP contribution in [0.3, 0.4) is 0 Å². The largest absolute Gasteiger partial charge is 0.481 e. The van der Waals surface area contributed by atoms with Crippen molar-refractivity contribution in [1.82, 2.24) is 5.32 Å². The molecular weight excluding hydrogens is 390 g/mol. The third kappa shape index (κ3) is 3.46. The summed E-state index contributed by atoms with van der Waals surface area (Å²) in [7, 11) is 0. The fourth-order valence-electron chi connectivity index (χ4n) is 4.98. The third-order valence-corrected chi connectivity index (χ3v) is 6.42. The minimum absolute atomic E-state index is 0.00758. The van der Waals surface area contributed by atoms with Gasteiger partial charge in [-0.3, -0.25) is 4.79 Å². The lowest BCUT2D eigenvalue weighted by atomic mass is 9.80. The average molecular weight is 413 g/mol. The molecule has 3 aromatic carbocycles. The molecule has 0 aromatic heterocycles. The minimum Gasteiger partial charge on any atom is -0.481 e. The summed E-state index contributed by atoms with van der Waals surface area (Å²) >= 11 is 0. The number of fused-ring (bicyclic) bond motifs is 4. The average Bonchev–Trinajstić information content (AvgIpc) is 3.11. The number of carboxylic acid groups (broad SMARTS) is 1. The number of carbonyl (C=O) groups is 2. The van der Waals surface area contributed by atoms with Gasteiger partial charge in [0.2, 0.25) is 0 Å². The van der Waals surface area contributed by atoms with Gasteiger partial charge in [0.05, 0.1) is 12.0 Å². The van der Waals surface area contributed by atoms with Gasteiger partial charge in [0.1, 0.15) is 6.61 Å². The van der Waals surface area contributed by atoms with E-state index in [2.05, 4.69) is 29.6 Å². The van der Waals surface area contributed by atoms with E-state index in [9.17, 15) is 14.7 Å². The first kappa shape index (κ1) is 19.4. The molecule has 5 rings (SSSR count). The van der Waals surface area contributed by atoms with Gasteiger partial charge in [-0.1, -0.05) is 72.8 Å². The van der Waals surface area contributed by atoms with Crippen molar-refractivity contribution in [2.45, 2.75) is 30.7 Å². The Labute approximate surface area is 180 Å². The molecule has 2 N–H and O–H groups in total. The highest BCUT2D eigenvalue weighted by atomic mass is 16.5. The van der Waals surface area contributed by atoms with Crippen molar-refractivity contribution in [2.75, 3.05) is 6.61 Å². The van der Waals surface area contributed by atoms with E-state index in [1.54, 1.807) is 0 Å². The molecule has 0 aliphatic heterocycles. The maximum Gasteiger partial charge on any atom is 0.407 e. The summed E-state index contributed by atoms with van der Waals surface area (Å²) in [6, 6.07) is 23.6. The molecule has 3 aromatic rings. The predicted molar refractivity (Wildman–Crippen MR) is 117 cm³/mol. The maximum atomic E-state index is 12.7. The lowest BCUT2D eigenvalue weighted by Crippen LogP contribution is -2.34. The van der Waals surface area contributed by atoms with Crippen molar-refractivity contribution in [3.63, 3.8) is 0 Å². The SMILES string of the molecule is O=C(NC1CCC(C(=O)O)c2ccccc21)OCC1c2ccccc2-c2ccccc21. The molecule has 2 atom stereocenters. The van der Waals surface area contributed by atoms with Gasteiger partial charge < -0.3 is 15.2 Å². The van der Waals surface area contributed by atoms with Crippen LogP contribution < -0.4 is 5.32 Å². The second-order valence-electron chi connectivity index (χ2n) is 8.12. The van der Waals surface area contributed by atoms with E-state index in [1.165, 1.54) is 22.3 Å². The number of carboxylic acids is 1. The first-order valence-electron chi connectivity index (χ1n) is 10.6. The molecule has 1 amide bonds. The zero-order valence-electron chi connectivity index (χ0n) is 17.0. The number of amides is 1. The molecule has 156 valence electrons. The summed E-state index contributed by atoms with van der Waals surface area (Å²) in [5.74, 6) is -1.35. The molecule has 2 aliphatic rings. The predicted octanol–water partition coefficient (Wildman–Crippen LogP) is 5.23. The van der Waals surface area contributed by atoms with E-state index in [1.807, 2.05) is 48.5 Å². The Hall–Kier alpha value is -3.60. The van der Waals surface area contributed by atoms with Gasteiger partial charge >= 0.3 is 12.1 Å². The van der Waals surface area contributed by atoms with Crippen molar-refractivity contribution in [3.05, 3.63) is 95.1 Å². The first-order valence-corrected chi connectivity index (χ1v) is 10.6. The summed E-state index contributed by atoms with van der Waals surface area (Å²) in [5.41, 5.74) is 6.34. The summed E-state index contributed by atoms with van der Waals surface area (Å²) in [6.45, 7) is 0.256. The van der Waals surface area contributed by atoms with Gasteiger partial charge in [-0.25, -0.2) is 4.79 Å². The fourth-order valence-corrected chi connectivity index (χ4v) is 4.98. The molecule has 2 unspecified atom stereocenters. The number of carbonyl (C=O) groups excluding carboxylic acids is 1. The normalized spacial score (nSPS) is 19.1. The van der Waals surface area contributed by atoms with E-state index in [0.717, 1.165) is 11.1 Å². The number of alkyl carbamates (subject to hydrolysis) is 1. The number of hydrogen-bond donors (Lipinski definition) is 2. The molecule has 0 saturated heterocycles. The highest BCUT2D eigenvalue weighted by Crippen LogP contribution is 2.44. The Morgan fingerprint density at radius 1 is 0.806 bits per heavy atom. The van der Waals surface area contributed by atoms with Gasteiger partial charge in [0, 0.05) is 5.92 Å². The van der Waals surface area contributed by atoms with Crippen LogP contribution in [0.5, 0.6) is 0 Å². The summed E-state index contributed by atoms with van der Waals surface area (Å²) < 4.78 is 5.67. The zero-order chi connectivity index (χ0) is 21.4. The van der Waals surface area contributed by atoms with Crippen LogP contribution in [0.1, 0.15) is 53.0 Å². The molecule has 0 radical (unpaired) electrons. The minimum atomic E-state index is -0.827. The van der Waals surface area contributed by atoms with Crippen LogP contribution in [0, 0.1) is 0 Å². The standard InChI is InChI=1S/C26H23NO4/c28-25(29)22-13-14-24(21-12-6-5-11-20(21)22)27-26(30)31-15-23-18-9-3-1-7-16(18)17-8-2-4-10-19(17)23/h1-12,22-24H,13-15H2,(H,27,30)(H,28,29). The van der Waals surface area contributed by atoms with Crippen molar-refractivity contribution < 1.29 is 19.4 Å². The number of aliphatic carboxylic acids is 1. The first-order chi connectivity index (χ1) is 15.1. The summed E-state index contributed by atoms with van der Waals surface area (Å²) in [5, 5.41) is 12.5. The highest BCUT2D eigenvalue weighted by Gasteiger charge is 2.33. The molecule has 0 saturated carbocycles. The maximum absolute atomic E-state index is 12.7.